The Morgan fingerprint density at radius 1 is 0.885 bits per heavy atom. The van der Waals surface area contributed by atoms with Gasteiger partial charge in [-0.05, 0) is 30.3 Å². The SMILES string of the molecule is Clc1cccc(N2CCN(c3ncnc4c3oc3ccccc34)CC2)c1. The molecule has 0 aliphatic carbocycles. The van der Waals surface area contributed by atoms with Gasteiger partial charge in [-0.15, -0.1) is 0 Å². The van der Waals surface area contributed by atoms with E-state index in [0.29, 0.717) is 0 Å². The van der Waals surface area contributed by atoms with E-state index in [0.717, 1.165) is 64.8 Å². The predicted molar refractivity (Wildman–Crippen MR) is 105 cm³/mol. The van der Waals surface area contributed by atoms with Crippen LogP contribution in [0.15, 0.2) is 59.3 Å². The lowest BCUT2D eigenvalue weighted by atomic mass is 10.2. The van der Waals surface area contributed by atoms with Crippen molar-refractivity contribution in [2.24, 2.45) is 0 Å². The number of benzene rings is 2. The van der Waals surface area contributed by atoms with Gasteiger partial charge in [0.1, 0.15) is 17.4 Å². The third-order valence-corrected chi connectivity index (χ3v) is 5.13. The van der Waals surface area contributed by atoms with E-state index in [1.165, 1.54) is 0 Å². The molecule has 26 heavy (non-hydrogen) atoms. The van der Waals surface area contributed by atoms with Crippen LogP contribution >= 0.6 is 11.6 Å². The molecular weight excluding hydrogens is 348 g/mol. The third kappa shape index (κ3) is 2.56. The van der Waals surface area contributed by atoms with Crippen LogP contribution < -0.4 is 9.80 Å². The quantitative estimate of drug-likeness (QED) is 0.529. The molecule has 4 aromatic rings. The Labute approximate surface area is 155 Å². The molecule has 0 bridgehead atoms. The van der Waals surface area contributed by atoms with Crippen molar-refractivity contribution in [1.82, 2.24) is 9.97 Å². The van der Waals surface area contributed by atoms with Gasteiger partial charge in [0.2, 0.25) is 0 Å². The van der Waals surface area contributed by atoms with Crippen LogP contribution in [0.1, 0.15) is 0 Å². The fourth-order valence-corrected chi connectivity index (χ4v) is 3.77. The molecule has 1 aliphatic rings. The Morgan fingerprint density at radius 2 is 1.69 bits per heavy atom. The van der Waals surface area contributed by atoms with Crippen molar-refractivity contribution in [2.75, 3.05) is 36.0 Å². The average molecular weight is 365 g/mol. The molecule has 0 spiro atoms. The first-order valence-electron chi connectivity index (χ1n) is 8.67. The van der Waals surface area contributed by atoms with Crippen molar-refractivity contribution in [3.63, 3.8) is 0 Å². The Morgan fingerprint density at radius 3 is 2.54 bits per heavy atom. The van der Waals surface area contributed by atoms with Gasteiger partial charge in [0.15, 0.2) is 11.4 Å². The number of fused-ring (bicyclic) bond motifs is 3. The summed E-state index contributed by atoms with van der Waals surface area (Å²) in [6.45, 7) is 3.56. The standard InChI is InChI=1S/C20H17ClN4O/c21-14-4-3-5-15(12-14)24-8-10-25(11-9-24)20-19-18(22-13-23-20)16-6-1-2-7-17(16)26-19/h1-7,12-13H,8-11H2. The monoisotopic (exact) mass is 364 g/mol. The summed E-state index contributed by atoms with van der Waals surface area (Å²) in [5, 5.41) is 1.80. The molecule has 5 nitrogen and oxygen atoms in total. The topological polar surface area (TPSA) is 45.4 Å². The number of para-hydroxylation sites is 1. The van der Waals surface area contributed by atoms with Gasteiger partial charge in [0.25, 0.3) is 0 Å². The lowest BCUT2D eigenvalue weighted by molar-refractivity contribution is 0.629. The van der Waals surface area contributed by atoms with Crippen molar-refractivity contribution in [3.05, 3.63) is 59.9 Å². The predicted octanol–water partition coefficient (Wildman–Crippen LogP) is 4.36. The van der Waals surface area contributed by atoms with Crippen molar-refractivity contribution in [1.29, 1.82) is 0 Å². The number of anilines is 2. The molecule has 3 heterocycles. The van der Waals surface area contributed by atoms with E-state index in [2.05, 4.69) is 25.8 Å². The number of hydrogen-bond donors (Lipinski definition) is 0. The summed E-state index contributed by atoms with van der Waals surface area (Å²) >= 11 is 6.13. The van der Waals surface area contributed by atoms with Crippen LogP contribution in [0.3, 0.4) is 0 Å². The molecule has 2 aromatic carbocycles. The smallest absolute Gasteiger partial charge is 0.196 e. The summed E-state index contributed by atoms with van der Waals surface area (Å²) < 4.78 is 6.07. The minimum Gasteiger partial charge on any atom is -0.450 e. The maximum Gasteiger partial charge on any atom is 0.196 e. The number of furan rings is 1. The van der Waals surface area contributed by atoms with Gasteiger partial charge >= 0.3 is 0 Å². The first-order chi connectivity index (χ1) is 12.8. The van der Waals surface area contributed by atoms with Crippen molar-refractivity contribution in [2.45, 2.75) is 0 Å². The van der Waals surface area contributed by atoms with E-state index in [1.54, 1.807) is 6.33 Å². The number of nitrogens with zero attached hydrogens (tertiary/aromatic N) is 4. The number of halogens is 1. The molecule has 5 rings (SSSR count). The second-order valence-corrected chi connectivity index (χ2v) is 6.86. The molecule has 0 saturated carbocycles. The molecule has 0 N–H and O–H groups in total. The molecule has 0 radical (unpaired) electrons. The van der Waals surface area contributed by atoms with Crippen LogP contribution in [0.25, 0.3) is 22.1 Å². The maximum atomic E-state index is 6.13. The highest BCUT2D eigenvalue weighted by atomic mass is 35.5. The molecule has 2 aromatic heterocycles. The number of aromatic nitrogens is 2. The maximum absolute atomic E-state index is 6.13. The zero-order valence-corrected chi connectivity index (χ0v) is 14.9. The third-order valence-electron chi connectivity index (χ3n) is 4.89. The van der Waals surface area contributed by atoms with E-state index in [1.807, 2.05) is 42.5 Å². The molecular formula is C20H17ClN4O. The van der Waals surface area contributed by atoms with Crippen molar-refractivity contribution >= 4 is 45.2 Å². The summed E-state index contributed by atoms with van der Waals surface area (Å²) in [6, 6.07) is 16.0. The molecule has 1 fully saturated rings. The van der Waals surface area contributed by atoms with Crippen LogP contribution in [0.2, 0.25) is 5.02 Å². The van der Waals surface area contributed by atoms with Gasteiger partial charge in [0.05, 0.1) is 0 Å². The van der Waals surface area contributed by atoms with Gasteiger partial charge in [-0.1, -0.05) is 29.8 Å². The Balaban J connectivity index is 1.45. The summed E-state index contributed by atoms with van der Waals surface area (Å²) in [7, 11) is 0. The van der Waals surface area contributed by atoms with Crippen LogP contribution in [0.5, 0.6) is 0 Å². The van der Waals surface area contributed by atoms with E-state index in [9.17, 15) is 0 Å². The molecule has 0 unspecified atom stereocenters. The second kappa shape index (κ2) is 6.18. The molecule has 0 atom stereocenters. The van der Waals surface area contributed by atoms with Crippen molar-refractivity contribution in [3.8, 4) is 0 Å². The minimum atomic E-state index is 0.768. The van der Waals surface area contributed by atoms with Crippen LogP contribution in [0, 0.1) is 0 Å². The highest BCUT2D eigenvalue weighted by Crippen LogP contribution is 2.32. The van der Waals surface area contributed by atoms with Crippen LogP contribution in [0.4, 0.5) is 11.5 Å². The fraction of sp³-hybridized carbons (Fsp3) is 0.200. The lowest BCUT2D eigenvalue weighted by Crippen LogP contribution is -2.46. The van der Waals surface area contributed by atoms with Crippen LogP contribution in [-0.2, 0) is 0 Å². The van der Waals surface area contributed by atoms with Gasteiger partial charge in [-0.25, -0.2) is 9.97 Å². The number of rotatable bonds is 2. The van der Waals surface area contributed by atoms with E-state index in [4.69, 9.17) is 16.0 Å². The highest BCUT2D eigenvalue weighted by molar-refractivity contribution is 6.30. The second-order valence-electron chi connectivity index (χ2n) is 6.43. The Kier molecular flexibility index (Phi) is 3.68. The van der Waals surface area contributed by atoms with Gasteiger partial charge in [-0.3, -0.25) is 0 Å². The first-order valence-corrected chi connectivity index (χ1v) is 9.05. The molecule has 1 saturated heterocycles. The molecule has 6 heteroatoms. The lowest BCUT2D eigenvalue weighted by Gasteiger charge is -2.36. The fourth-order valence-electron chi connectivity index (χ4n) is 3.59. The van der Waals surface area contributed by atoms with Crippen molar-refractivity contribution < 1.29 is 4.42 Å². The zero-order valence-electron chi connectivity index (χ0n) is 14.1. The molecule has 0 amide bonds. The largest absolute Gasteiger partial charge is 0.450 e. The summed E-state index contributed by atoms with van der Waals surface area (Å²) in [4.78, 5) is 13.6. The molecule has 1 aliphatic heterocycles. The first kappa shape index (κ1) is 15.5. The number of hydrogen-bond acceptors (Lipinski definition) is 5. The number of piperazine rings is 1. The van der Waals surface area contributed by atoms with E-state index < -0.39 is 0 Å². The Bertz CT molecular complexity index is 1090. The van der Waals surface area contributed by atoms with Gasteiger partial charge in [-0.2, -0.15) is 0 Å². The Hall–Kier alpha value is -2.79. The van der Waals surface area contributed by atoms with Gasteiger partial charge in [0, 0.05) is 42.3 Å². The van der Waals surface area contributed by atoms with E-state index >= 15 is 0 Å². The summed E-state index contributed by atoms with van der Waals surface area (Å²) in [6.07, 6.45) is 1.63. The molecule has 130 valence electrons. The van der Waals surface area contributed by atoms with Crippen LogP contribution in [-0.4, -0.2) is 36.1 Å². The summed E-state index contributed by atoms with van der Waals surface area (Å²) in [5.74, 6) is 0.872. The minimum absolute atomic E-state index is 0.768. The highest BCUT2D eigenvalue weighted by Gasteiger charge is 2.22. The average Bonchev–Trinajstić information content (AvgIpc) is 3.07. The van der Waals surface area contributed by atoms with E-state index in [-0.39, 0.29) is 0 Å². The summed E-state index contributed by atoms with van der Waals surface area (Å²) in [5.41, 5.74) is 3.66. The van der Waals surface area contributed by atoms with Gasteiger partial charge < -0.3 is 14.2 Å². The normalized spacial score (nSPS) is 15.1. The zero-order chi connectivity index (χ0) is 17.5.